The number of carbonyl (C=O) groups excluding carboxylic acids is 1. The molecule has 2 heterocycles. The lowest BCUT2D eigenvalue weighted by Gasteiger charge is -2.51. The monoisotopic (exact) mass is 531 g/mol. The van der Waals surface area contributed by atoms with Gasteiger partial charge >= 0.3 is 0 Å². The van der Waals surface area contributed by atoms with E-state index in [2.05, 4.69) is 91.8 Å². The molecule has 0 bridgehead atoms. The minimum absolute atomic E-state index is 0.359. The molecule has 2 aromatic rings. The zero-order valence-corrected chi connectivity index (χ0v) is 24.8. The Morgan fingerprint density at radius 1 is 1.08 bits per heavy atom. The summed E-state index contributed by atoms with van der Waals surface area (Å²) in [6.45, 7) is 16.5. The zero-order valence-electron chi connectivity index (χ0n) is 24.8. The van der Waals surface area contributed by atoms with E-state index in [1.54, 1.807) is 0 Å². The number of carbonyl (C=O) groups is 1. The number of benzene rings is 2. The number of anilines is 1. The van der Waals surface area contributed by atoms with Crippen molar-refractivity contribution >= 4 is 12.0 Å². The standard InChI is InChI=1S/C34H49N3O2/c1-27(2)15-19-35-20-17-29(5)23-34(35,26-38)36-21-18-32(24-36)37(22-16-28(3)4)31-11-13-33(14-12-31)39-25-30-9-7-6-8-10-30/h6-14,16,26-27,29,32H,15,17-25H2,1-5H3. The lowest BCUT2D eigenvalue weighted by molar-refractivity contribution is -0.141. The van der Waals surface area contributed by atoms with E-state index in [9.17, 15) is 4.79 Å². The molecule has 2 saturated heterocycles. The number of rotatable bonds is 12. The molecule has 0 aliphatic carbocycles. The topological polar surface area (TPSA) is 36.0 Å². The van der Waals surface area contributed by atoms with Crippen LogP contribution in [0, 0.1) is 11.8 Å². The molecule has 0 spiro atoms. The lowest BCUT2D eigenvalue weighted by atomic mass is 9.86. The number of hydrogen-bond donors (Lipinski definition) is 0. The van der Waals surface area contributed by atoms with Crippen LogP contribution in [0.1, 0.15) is 65.9 Å². The summed E-state index contributed by atoms with van der Waals surface area (Å²) >= 11 is 0. The van der Waals surface area contributed by atoms with Crippen molar-refractivity contribution in [3.63, 3.8) is 0 Å². The van der Waals surface area contributed by atoms with Crippen LogP contribution in [0.2, 0.25) is 0 Å². The van der Waals surface area contributed by atoms with Gasteiger partial charge in [-0.2, -0.15) is 0 Å². The fourth-order valence-electron chi connectivity index (χ4n) is 6.13. The maximum atomic E-state index is 12.9. The number of allylic oxidation sites excluding steroid dienone is 1. The average Bonchev–Trinajstić information content (AvgIpc) is 3.42. The first kappa shape index (κ1) is 29.4. The molecule has 2 aliphatic heterocycles. The molecule has 212 valence electrons. The van der Waals surface area contributed by atoms with Crippen LogP contribution in [0.3, 0.4) is 0 Å². The van der Waals surface area contributed by atoms with Crippen LogP contribution in [-0.2, 0) is 11.4 Å². The van der Waals surface area contributed by atoms with Gasteiger partial charge in [0.1, 0.15) is 18.0 Å². The van der Waals surface area contributed by atoms with Gasteiger partial charge in [-0.15, -0.1) is 0 Å². The molecule has 0 radical (unpaired) electrons. The van der Waals surface area contributed by atoms with Crippen molar-refractivity contribution in [1.82, 2.24) is 9.80 Å². The number of ether oxygens (including phenoxy) is 1. The largest absolute Gasteiger partial charge is 0.489 e. The smallest absolute Gasteiger partial charge is 0.155 e. The van der Waals surface area contributed by atoms with Crippen molar-refractivity contribution in [1.29, 1.82) is 0 Å². The van der Waals surface area contributed by atoms with Gasteiger partial charge in [0.25, 0.3) is 0 Å². The molecule has 0 saturated carbocycles. The first-order valence-electron chi connectivity index (χ1n) is 14.9. The highest BCUT2D eigenvalue weighted by Gasteiger charge is 2.48. The summed E-state index contributed by atoms with van der Waals surface area (Å²) in [4.78, 5) is 20.4. The maximum Gasteiger partial charge on any atom is 0.155 e. The SMILES string of the molecule is CC(C)=CCN(c1ccc(OCc2ccccc2)cc1)C1CCN(C2(C=O)CC(C)CCN2CCC(C)C)C1. The number of likely N-dealkylation sites (tertiary alicyclic amines) is 2. The third kappa shape index (κ3) is 7.52. The number of piperidine rings is 1. The summed E-state index contributed by atoms with van der Waals surface area (Å²) in [5.74, 6) is 2.09. The minimum Gasteiger partial charge on any atom is -0.489 e. The second kappa shape index (κ2) is 13.6. The van der Waals surface area contributed by atoms with Gasteiger partial charge in [0.2, 0.25) is 0 Å². The number of hydrogen-bond acceptors (Lipinski definition) is 5. The summed E-state index contributed by atoms with van der Waals surface area (Å²) in [7, 11) is 0. The van der Waals surface area contributed by atoms with Crippen LogP contribution >= 0.6 is 0 Å². The second-order valence-corrected chi connectivity index (χ2v) is 12.4. The fourth-order valence-corrected chi connectivity index (χ4v) is 6.13. The van der Waals surface area contributed by atoms with E-state index in [4.69, 9.17) is 4.74 Å². The first-order valence-corrected chi connectivity index (χ1v) is 14.9. The molecule has 3 atom stereocenters. The summed E-state index contributed by atoms with van der Waals surface area (Å²) in [5.41, 5.74) is 3.23. The first-order chi connectivity index (χ1) is 18.8. The number of nitrogens with zero attached hydrogens (tertiary/aromatic N) is 3. The molecule has 5 nitrogen and oxygen atoms in total. The molecule has 0 N–H and O–H groups in total. The second-order valence-electron chi connectivity index (χ2n) is 12.4. The highest BCUT2D eigenvalue weighted by atomic mass is 16.5. The maximum absolute atomic E-state index is 12.9. The third-order valence-electron chi connectivity index (χ3n) is 8.52. The molecule has 0 aromatic heterocycles. The quantitative estimate of drug-likeness (QED) is 0.223. The number of aldehydes is 1. The van der Waals surface area contributed by atoms with E-state index < -0.39 is 5.66 Å². The molecule has 2 fully saturated rings. The van der Waals surface area contributed by atoms with E-state index in [0.29, 0.717) is 24.5 Å². The van der Waals surface area contributed by atoms with Gasteiger partial charge in [-0.1, -0.05) is 62.8 Å². The molecular weight excluding hydrogens is 482 g/mol. The molecule has 2 aromatic carbocycles. The Morgan fingerprint density at radius 3 is 2.49 bits per heavy atom. The van der Waals surface area contributed by atoms with Crippen molar-refractivity contribution in [2.24, 2.45) is 11.8 Å². The van der Waals surface area contributed by atoms with E-state index in [1.165, 1.54) is 29.5 Å². The average molecular weight is 532 g/mol. The molecule has 2 aliphatic rings. The molecule has 39 heavy (non-hydrogen) atoms. The van der Waals surface area contributed by atoms with Crippen molar-refractivity contribution in [2.75, 3.05) is 37.6 Å². The Hall–Kier alpha value is -2.63. The van der Waals surface area contributed by atoms with Crippen LogP contribution in [0.25, 0.3) is 0 Å². The highest BCUT2D eigenvalue weighted by molar-refractivity contribution is 5.64. The van der Waals surface area contributed by atoms with Gasteiger partial charge in [0.05, 0.1) is 0 Å². The van der Waals surface area contributed by atoms with Gasteiger partial charge in [0.15, 0.2) is 6.29 Å². The van der Waals surface area contributed by atoms with Crippen LogP contribution in [-0.4, -0.2) is 60.5 Å². The van der Waals surface area contributed by atoms with Gasteiger partial charge in [0, 0.05) is 44.5 Å². The molecule has 3 unspecified atom stereocenters. The Morgan fingerprint density at radius 2 is 1.82 bits per heavy atom. The normalized spacial score (nSPS) is 24.1. The Balaban J connectivity index is 1.50. The molecule has 5 heteroatoms. The van der Waals surface area contributed by atoms with Gasteiger partial charge in [-0.25, -0.2) is 0 Å². The minimum atomic E-state index is -0.474. The van der Waals surface area contributed by atoms with Crippen molar-refractivity contribution in [2.45, 2.75) is 78.6 Å². The van der Waals surface area contributed by atoms with E-state index in [0.717, 1.165) is 57.7 Å². The molecule has 0 amide bonds. The van der Waals surface area contributed by atoms with Crippen LogP contribution < -0.4 is 9.64 Å². The van der Waals surface area contributed by atoms with Gasteiger partial charge in [-0.05, 0) is 81.2 Å². The van der Waals surface area contributed by atoms with E-state index >= 15 is 0 Å². The Bertz CT molecular complexity index is 1060. The fraction of sp³-hybridized carbons (Fsp3) is 0.559. The predicted octanol–water partition coefficient (Wildman–Crippen LogP) is 6.79. The molecular formula is C34H49N3O2. The van der Waals surface area contributed by atoms with Crippen molar-refractivity contribution < 1.29 is 9.53 Å². The summed E-state index contributed by atoms with van der Waals surface area (Å²) < 4.78 is 6.05. The highest BCUT2D eigenvalue weighted by Crippen LogP contribution is 2.37. The third-order valence-corrected chi connectivity index (χ3v) is 8.52. The van der Waals surface area contributed by atoms with E-state index in [1.807, 2.05) is 18.2 Å². The molecule has 4 rings (SSSR count). The van der Waals surface area contributed by atoms with Crippen LogP contribution in [0.4, 0.5) is 5.69 Å². The summed E-state index contributed by atoms with van der Waals surface area (Å²) in [6.07, 6.45) is 7.90. The summed E-state index contributed by atoms with van der Waals surface area (Å²) in [5, 5.41) is 0. The summed E-state index contributed by atoms with van der Waals surface area (Å²) in [6, 6.07) is 19.2. The predicted molar refractivity (Wildman–Crippen MR) is 162 cm³/mol. The van der Waals surface area contributed by atoms with Crippen molar-refractivity contribution in [3.8, 4) is 5.75 Å². The van der Waals surface area contributed by atoms with Gasteiger partial charge < -0.3 is 9.64 Å². The van der Waals surface area contributed by atoms with Crippen molar-refractivity contribution in [3.05, 3.63) is 71.8 Å². The van der Waals surface area contributed by atoms with E-state index in [-0.39, 0.29) is 0 Å². The Kier molecular flexibility index (Phi) is 10.3. The van der Waals surface area contributed by atoms with Gasteiger partial charge in [-0.3, -0.25) is 14.6 Å². The zero-order chi connectivity index (χ0) is 27.8. The lowest BCUT2D eigenvalue weighted by Crippen LogP contribution is -2.65. The van der Waals surface area contributed by atoms with Crippen LogP contribution in [0.15, 0.2) is 66.2 Å². The van der Waals surface area contributed by atoms with Crippen LogP contribution in [0.5, 0.6) is 5.75 Å². The Labute approximate surface area is 236 Å².